The second-order valence-electron chi connectivity index (χ2n) is 6.62. The van der Waals surface area contributed by atoms with Crippen molar-refractivity contribution in [3.63, 3.8) is 0 Å². The minimum Gasteiger partial charge on any atom is -0.451 e. The van der Waals surface area contributed by atoms with E-state index in [1.54, 1.807) is 12.3 Å². The van der Waals surface area contributed by atoms with Gasteiger partial charge in [-0.15, -0.1) is 11.3 Å². The lowest BCUT2D eigenvalue weighted by atomic mass is 9.98. The van der Waals surface area contributed by atoms with Gasteiger partial charge in [0.2, 0.25) is 0 Å². The molecule has 0 unspecified atom stereocenters. The van der Waals surface area contributed by atoms with Crippen molar-refractivity contribution in [2.24, 2.45) is 5.92 Å². The van der Waals surface area contributed by atoms with Crippen molar-refractivity contribution in [1.29, 1.82) is 5.26 Å². The molecule has 134 valence electrons. The Kier molecular flexibility index (Phi) is 5.05. The van der Waals surface area contributed by atoms with E-state index in [-0.39, 0.29) is 11.6 Å². The molecular formula is C19H19N3O3S. The topological polar surface area (TPSA) is 92.1 Å². The van der Waals surface area contributed by atoms with Crippen LogP contribution in [0, 0.1) is 24.2 Å². The Labute approximate surface area is 155 Å². The van der Waals surface area contributed by atoms with Crippen LogP contribution in [0.5, 0.6) is 0 Å². The lowest BCUT2D eigenvalue weighted by Crippen LogP contribution is -2.48. The molecule has 1 N–H and O–H groups in total. The molecule has 1 amide bonds. The Morgan fingerprint density at radius 3 is 2.69 bits per heavy atom. The van der Waals surface area contributed by atoms with Crippen LogP contribution in [-0.2, 0) is 9.53 Å². The average molecular weight is 369 g/mol. The highest BCUT2D eigenvalue weighted by Crippen LogP contribution is 2.39. The van der Waals surface area contributed by atoms with Crippen molar-refractivity contribution in [1.82, 2.24) is 10.3 Å². The number of esters is 1. The molecule has 1 aliphatic rings. The third-order valence-corrected chi connectivity index (χ3v) is 5.26. The summed E-state index contributed by atoms with van der Waals surface area (Å²) < 4.78 is 5.03. The third-order valence-electron chi connectivity index (χ3n) is 4.37. The molecule has 3 rings (SSSR count). The highest BCUT2D eigenvalue weighted by Gasteiger charge is 2.43. The lowest BCUT2D eigenvalue weighted by molar-refractivity contribution is -0.125. The Bertz CT molecular complexity index is 865. The van der Waals surface area contributed by atoms with E-state index in [0.29, 0.717) is 5.01 Å². The highest BCUT2D eigenvalue weighted by atomic mass is 32.1. The maximum atomic E-state index is 12.1. The normalized spacial score (nSPS) is 15.6. The molecule has 6 nitrogen and oxygen atoms in total. The Hall–Kier alpha value is -2.72. The average Bonchev–Trinajstić information content (AvgIpc) is 3.38. The van der Waals surface area contributed by atoms with Gasteiger partial charge >= 0.3 is 5.97 Å². The number of amides is 1. The van der Waals surface area contributed by atoms with E-state index >= 15 is 0 Å². The van der Waals surface area contributed by atoms with Crippen molar-refractivity contribution in [3.05, 3.63) is 40.9 Å². The first-order chi connectivity index (χ1) is 12.4. The molecular weight excluding hydrogens is 350 g/mol. The maximum Gasteiger partial charge on any atom is 0.358 e. The van der Waals surface area contributed by atoms with Gasteiger partial charge in [0.05, 0.1) is 6.07 Å². The summed E-state index contributed by atoms with van der Waals surface area (Å²) in [5, 5.41) is 14.2. The van der Waals surface area contributed by atoms with Crippen LogP contribution < -0.4 is 5.32 Å². The van der Waals surface area contributed by atoms with Gasteiger partial charge < -0.3 is 10.1 Å². The fraction of sp³-hybridized carbons (Fsp3) is 0.368. The number of hydrogen-bond acceptors (Lipinski definition) is 6. The predicted molar refractivity (Wildman–Crippen MR) is 97.5 cm³/mol. The summed E-state index contributed by atoms with van der Waals surface area (Å²) in [6.07, 6.45) is 1.84. The first-order valence-corrected chi connectivity index (χ1v) is 9.21. The number of nitrogens with one attached hydrogen (secondary N) is 1. The van der Waals surface area contributed by atoms with Crippen molar-refractivity contribution < 1.29 is 14.3 Å². The second kappa shape index (κ2) is 7.26. The third kappa shape index (κ3) is 4.09. The molecule has 1 fully saturated rings. The van der Waals surface area contributed by atoms with Crippen molar-refractivity contribution in [2.45, 2.75) is 32.2 Å². The molecule has 1 saturated carbocycles. The number of hydrogen-bond donors (Lipinski definition) is 1. The number of rotatable bonds is 6. The summed E-state index contributed by atoms with van der Waals surface area (Å²) in [7, 11) is 0. The van der Waals surface area contributed by atoms with E-state index < -0.39 is 24.0 Å². The zero-order chi connectivity index (χ0) is 18.7. The zero-order valence-electron chi connectivity index (χ0n) is 14.6. The van der Waals surface area contributed by atoms with Crippen molar-refractivity contribution >= 4 is 23.2 Å². The van der Waals surface area contributed by atoms with E-state index in [9.17, 15) is 14.9 Å². The molecule has 0 saturated heterocycles. The SMILES string of the molecule is Cc1ccc(-c2nc(C(=O)OCC(=O)N[C@@](C)(C#N)C3CC3)cs2)cc1. The maximum absolute atomic E-state index is 12.1. The summed E-state index contributed by atoms with van der Waals surface area (Å²) in [5.74, 6) is -0.967. The number of thiazole rings is 1. The van der Waals surface area contributed by atoms with Gasteiger partial charge in [-0.2, -0.15) is 5.26 Å². The summed E-state index contributed by atoms with van der Waals surface area (Å²) in [5.41, 5.74) is 1.34. The summed E-state index contributed by atoms with van der Waals surface area (Å²) in [6, 6.07) is 9.97. The van der Waals surface area contributed by atoms with Crippen LogP contribution in [0.15, 0.2) is 29.6 Å². The molecule has 1 aromatic carbocycles. The fourth-order valence-electron chi connectivity index (χ4n) is 2.61. The van der Waals surface area contributed by atoms with Crippen LogP contribution in [0.4, 0.5) is 0 Å². The Morgan fingerprint density at radius 1 is 1.38 bits per heavy atom. The molecule has 0 aliphatic heterocycles. The number of nitrogens with zero attached hydrogens (tertiary/aromatic N) is 2. The molecule has 0 bridgehead atoms. The predicted octanol–water partition coefficient (Wildman–Crippen LogP) is 3.08. The molecule has 2 aromatic rings. The first-order valence-electron chi connectivity index (χ1n) is 8.33. The molecule has 1 atom stereocenters. The first kappa shape index (κ1) is 18.1. The van der Waals surface area contributed by atoms with Gasteiger partial charge in [0.1, 0.15) is 10.5 Å². The fourth-order valence-corrected chi connectivity index (χ4v) is 3.40. The van der Waals surface area contributed by atoms with E-state index in [1.165, 1.54) is 11.3 Å². The van der Waals surface area contributed by atoms with Gasteiger partial charge in [0.25, 0.3) is 5.91 Å². The minimum atomic E-state index is -0.900. The van der Waals surface area contributed by atoms with Gasteiger partial charge in [-0.1, -0.05) is 29.8 Å². The lowest BCUT2D eigenvalue weighted by Gasteiger charge is -2.22. The molecule has 1 heterocycles. The number of nitriles is 1. The summed E-state index contributed by atoms with van der Waals surface area (Å²) in [6.45, 7) is 3.26. The molecule has 26 heavy (non-hydrogen) atoms. The Balaban J connectivity index is 1.56. The molecule has 1 aliphatic carbocycles. The Morgan fingerprint density at radius 2 is 2.08 bits per heavy atom. The van der Waals surface area contributed by atoms with Crippen LogP contribution in [0.1, 0.15) is 35.8 Å². The van der Waals surface area contributed by atoms with Crippen LogP contribution in [-0.4, -0.2) is 29.0 Å². The number of aromatic nitrogens is 1. The van der Waals surface area contributed by atoms with Crippen LogP contribution in [0.3, 0.4) is 0 Å². The van der Waals surface area contributed by atoms with Crippen LogP contribution in [0.2, 0.25) is 0 Å². The number of benzene rings is 1. The van der Waals surface area contributed by atoms with E-state index in [0.717, 1.165) is 24.0 Å². The minimum absolute atomic E-state index is 0.169. The van der Waals surface area contributed by atoms with Gasteiger partial charge in [-0.05, 0) is 32.6 Å². The van der Waals surface area contributed by atoms with Crippen LogP contribution in [0.25, 0.3) is 10.6 Å². The van der Waals surface area contributed by atoms with Gasteiger partial charge in [0, 0.05) is 10.9 Å². The molecule has 0 spiro atoms. The van der Waals surface area contributed by atoms with Gasteiger partial charge in [0.15, 0.2) is 12.3 Å². The molecule has 1 aromatic heterocycles. The number of ether oxygens (including phenoxy) is 1. The summed E-state index contributed by atoms with van der Waals surface area (Å²) in [4.78, 5) is 28.4. The van der Waals surface area contributed by atoms with Crippen molar-refractivity contribution in [2.75, 3.05) is 6.61 Å². The standard InChI is InChI=1S/C19H19N3O3S/c1-12-3-5-13(6-4-12)17-21-15(10-26-17)18(24)25-9-16(23)22-19(2,11-20)14-7-8-14/h3-6,10,14H,7-9H2,1-2H3,(H,22,23)/t19-/m0/s1. The quantitative estimate of drug-likeness (QED) is 0.790. The largest absolute Gasteiger partial charge is 0.451 e. The summed E-state index contributed by atoms with van der Waals surface area (Å²) >= 11 is 1.34. The smallest absolute Gasteiger partial charge is 0.358 e. The number of aryl methyl sites for hydroxylation is 1. The second-order valence-corrected chi connectivity index (χ2v) is 7.47. The van der Waals surface area contributed by atoms with Crippen LogP contribution >= 0.6 is 11.3 Å². The van der Waals surface area contributed by atoms with Gasteiger partial charge in [-0.3, -0.25) is 4.79 Å². The molecule has 7 heteroatoms. The highest BCUT2D eigenvalue weighted by molar-refractivity contribution is 7.13. The van der Waals surface area contributed by atoms with E-state index in [4.69, 9.17) is 4.74 Å². The zero-order valence-corrected chi connectivity index (χ0v) is 15.4. The van der Waals surface area contributed by atoms with Gasteiger partial charge in [-0.25, -0.2) is 9.78 Å². The number of carbonyl (C=O) groups excluding carboxylic acids is 2. The van der Waals surface area contributed by atoms with Crippen molar-refractivity contribution in [3.8, 4) is 16.6 Å². The monoisotopic (exact) mass is 369 g/mol. The number of carbonyl (C=O) groups is 2. The van der Waals surface area contributed by atoms with E-state index in [2.05, 4.69) is 16.4 Å². The van der Waals surface area contributed by atoms with E-state index in [1.807, 2.05) is 31.2 Å². The molecule has 0 radical (unpaired) electrons.